The summed E-state index contributed by atoms with van der Waals surface area (Å²) in [5.41, 5.74) is 0. The van der Waals surface area contributed by atoms with Crippen LogP contribution in [0, 0.1) is 0 Å². The molecule has 0 aromatic heterocycles. The maximum atomic E-state index is 12.9. The number of quaternary nitrogens is 1. The van der Waals surface area contributed by atoms with Crippen LogP contribution in [0.15, 0.2) is 109 Å². The fraction of sp³-hybridized carbons (Fsp3) is 0.765. The Morgan fingerprint density at radius 2 is 0.600 bits per heavy atom. The fourth-order valence-electron chi connectivity index (χ4n) is 11.5. The van der Waals surface area contributed by atoms with Crippen molar-refractivity contribution in [2.45, 2.75) is 373 Å². The zero-order valence-corrected chi connectivity index (χ0v) is 63.7. The Hall–Kier alpha value is -3.33. The van der Waals surface area contributed by atoms with Gasteiger partial charge in [-0.05, 0) is 83.5 Å². The quantitative estimate of drug-likeness (QED) is 0.0195. The van der Waals surface area contributed by atoms with E-state index in [0.29, 0.717) is 17.4 Å². The minimum absolute atomic E-state index is 0.0366. The highest BCUT2D eigenvalue weighted by Crippen LogP contribution is 2.38. The van der Waals surface area contributed by atoms with Crippen molar-refractivity contribution in [2.24, 2.45) is 0 Å². The van der Waals surface area contributed by atoms with Gasteiger partial charge in [0, 0.05) is 12.8 Å². The van der Waals surface area contributed by atoms with Gasteiger partial charge < -0.3 is 27.9 Å². The first kappa shape index (κ1) is 91.7. The molecule has 0 amide bonds. The van der Waals surface area contributed by atoms with Crippen LogP contribution >= 0.6 is 7.82 Å². The molecule has 0 bridgehead atoms. The van der Waals surface area contributed by atoms with Gasteiger partial charge in [-0.25, -0.2) is 0 Å². The maximum Gasteiger partial charge on any atom is 0.306 e. The minimum atomic E-state index is -4.65. The normalized spacial score (nSPS) is 13.6. The number of nitrogens with zero attached hydrogens (tertiary/aromatic N) is 1. The summed E-state index contributed by atoms with van der Waals surface area (Å²) in [4.78, 5) is 38.2. The molecule has 0 heterocycles. The first-order valence-electron chi connectivity index (χ1n) is 40.1. The zero-order chi connectivity index (χ0) is 69.0. The molecule has 0 saturated heterocycles. The number of rotatable bonds is 74. The molecule has 0 saturated carbocycles. The van der Waals surface area contributed by atoms with Crippen molar-refractivity contribution in [2.75, 3.05) is 47.5 Å². The SMILES string of the molecule is CC/C=C\C/C=C\C/C=C\C/C=C\C/C=C\C/C=C\C/C=C\C/C=C\C/C=C\CCCCCCCCCC(=O)OC(COC(=O)CCCCCCCCCCCCCCCCCCCCCCCCCCCCCCCCCCCCCC)COP(=O)([O-])OCC[N+](C)(C)C. The number of allylic oxidation sites excluding steroid dienone is 18. The molecule has 550 valence electrons. The second kappa shape index (κ2) is 74.9. The Morgan fingerprint density at radius 3 is 0.895 bits per heavy atom. The highest BCUT2D eigenvalue weighted by molar-refractivity contribution is 7.45. The third kappa shape index (κ3) is 79.5. The number of hydrogen-bond acceptors (Lipinski definition) is 8. The van der Waals surface area contributed by atoms with E-state index >= 15 is 0 Å². The summed E-state index contributed by atoms with van der Waals surface area (Å²) < 4.78 is 34.4. The first-order valence-corrected chi connectivity index (χ1v) is 41.6. The van der Waals surface area contributed by atoms with Crippen molar-refractivity contribution < 1.29 is 42.1 Å². The second-order valence-corrected chi connectivity index (χ2v) is 29.5. The van der Waals surface area contributed by atoms with Gasteiger partial charge in [-0.3, -0.25) is 14.2 Å². The smallest absolute Gasteiger partial charge is 0.306 e. The summed E-state index contributed by atoms with van der Waals surface area (Å²) in [6.45, 7) is 4.16. The van der Waals surface area contributed by atoms with E-state index in [0.717, 1.165) is 103 Å². The number of esters is 2. The van der Waals surface area contributed by atoms with Gasteiger partial charge in [-0.15, -0.1) is 0 Å². The molecule has 0 aromatic carbocycles. The Balaban J connectivity index is 4.00. The number of carbonyl (C=O) groups is 2. The van der Waals surface area contributed by atoms with Crippen molar-refractivity contribution >= 4 is 19.8 Å². The molecule has 0 spiro atoms. The molecule has 0 aromatic rings. The van der Waals surface area contributed by atoms with E-state index < -0.39 is 26.5 Å². The van der Waals surface area contributed by atoms with E-state index in [1.54, 1.807) is 0 Å². The largest absolute Gasteiger partial charge is 0.756 e. The van der Waals surface area contributed by atoms with Crippen molar-refractivity contribution in [3.05, 3.63) is 109 Å². The molecule has 0 fully saturated rings. The lowest BCUT2D eigenvalue weighted by atomic mass is 10.0. The number of unbranched alkanes of at least 4 members (excludes halogenated alkanes) is 42. The average Bonchev–Trinajstić information content (AvgIpc) is 2.16. The van der Waals surface area contributed by atoms with Crippen LogP contribution in [0.4, 0.5) is 0 Å². The minimum Gasteiger partial charge on any atom is -0.756 e. The third-order valence-electron chi connectivity index (χ3n) is 17.6. The molecule has 0 rings (SSSR count). The topological polar surface area (TPSA) is 111 Å². The number of carbonyl (C=O) groups excluding carboxylic acids is 2. The van der Waals surface area contributed by atoms with E-state index in [9.17, 15) is 19.0 Å². The van der Waals surface area contributed by atoms with Crippen LogP contribution in [0.5, 0.6) is 0 Å². The van der Waals surface area contributed by atoms with E-state index in [1.807, 2.05) is 21.1 Å². The van der Waals surface area contributed by atoms with E-state index in [4.69, 9.17) is 18.5 Å². The lowest BCUT2D eigenvalue weighted by molar-refractivity contribution is -0.870. The van der Waals surface area contributed by atoms with Crippen molar-refractivity contribution in [3.63, 3.8) is 0 Å². The van der Waals surface area contributed by atoms with Crippen molar-refractivity contribution in [3.8, 4) is 0 Å². The summed E-state index contributed by atoms with van der Waals surface area (Å²) >= 11 is 0. The van der Waals surface area contributed by atoms with Crippen LogP contribution in [0.2, 0.25) is 0 Å². The van der Waals surface area contributed by atoms with Gasteiger partial charge in [0.1, 0.15) is 19.8 Å². The summed E-state index contributed by atoms with van der Waals surface area (Å²) in [5, 5.41) is 0. The van der Waals surface area contributed by atoms with Crippen LogP contribution in [-0.4, -0.2) is 70.0 Å². The van der Waals surface area contributed by atoms with E-state index in [2.05, 4.69) is 123 Å². The molecule has 10 heteroatoms. The number of phosphoric acid groups is 1. The van der Waals surface area contributed by atoms with Crippen LogP contribution in [0.25, 0.3) is 0 Å². The maximum absolute atomic E-state index is 12.9. The standard InChI is InChI=1S/C85H152NO8P/c1-6-8-10-12-14-16-18-20-22-24-26-28-30-32-34-36-38-40-42-44-45-47-49-51-53-55-57-59-61-63-65-67-69-71-73-75-77-84(87)91-81-83(82-93-95(89,90)92-80-79-86(3,4)5)94-85(88)78-76-74-72-70-68-66-64-62-60-58-56-54-52-50-48-46-43-41-39-37-35-33-31-29-27-25-23-21-19-17-15-13-11-9-7-2/h9,11,15,17,21,23,27,29,33,35,39,41,46,48,52,54,58,60,83H,6-8,10,12-14,16,18-20,22,24-26,28,30-32,34,36-38,40,42-45,47,49-51,53,55-57,59,61-82H2,1-5H3/b11-9-,17-15-,23-21-,29-27-,35-33-,41-39-,48-46-,54-52-,60-58-. The predicted octanol–water partition coefficient (Wildman–Crippen LogP) is 26.2. The van der Waals surface area contributed by atoms with Gasteiger partial charge in [0.25, 0.3) is 7.82 Å². The predicted molar refractivity (Wildman–Crippen MR) is 411 cm³/mol. The lowest BCUT2D eigenvalue weighted by Crippen LogP contribution is -2.37. The lowest BCUT2D eigenvalue weighted by Gasteiger charge is -2.28. The summed E-state index contributed by atoms with van der Waals surface area (Å²) in [5.74, 6) is -0.837. The van der Waals surface area contributed by atoms with Crippen LogP contribution in [0.3, 0.4) is 0 Å². The van der Waals surface area contributed by atoms with Crippen molar-refractivity contribution in [1.29, 1.82) is 0 Å². The molecular formula is C85H152NO8P. The van der Waals surface area contributed by atoms with Gasteiger partial charge in [0.15, 0.2) is 6.10 Å². The molecule has 0 radical (unpaired) electrons. The molecule has 9 nitrogen and oxygen atoms in total. The van der Waals surface area contributed by atoms with E-state index in [-0.39, 0.29) is 32.0 Å². The van der Waals surface area contributed by atoms with Gasteiger partial charge in [0.05, 0.1) is 27.7 Å². The molecule has 0 aliphatic carbocycles. The highest BCUT2D eigenvalue weighted by atomic mass is 31.2. The molecular weight excluding hydrogens is 1190 g/mol. The summed E-state index contributed by atoms with van der Waals surface area (Å²) in [6.07, 6.45) is 106. The Labute approximate surface area is 588 Å². The summed E-state index contributed by atoms with van der Waals surface area (Å²) in [7, 11) is 1.16. The Kier molecular flexibility index (Phi) is 72.3. The number of ether oxygens (including phenoxy) is 2. The number of likely N-dealkylation sites (N-methyl/N-ethyl adjacent to an activating group) is 1. The number of hydrogen-bond donors (Lipinski definition) is 0. The van der Waals surface area contributed by atoms with Gasteiger partial charge in [-0.1, -0.05) is 380 Å². The zero-order valence-electron chi connectivity index (χ0n) is 62.8. The molecule has 0 aliphatic heterocycles. The first-order chi connectivity index (χ1) is 46.5. The van der Waals surface area contributed by atoms with Crippen molar-refractivity contribution in [1.82, 2.24) is 0 Å². The fourth-order valence-corrected chi connectivity index (χ4v) is 12.2. The average molecular weight is 1350 g/mol. The molecule has 2 unspecified atom stereocenters. The molecule has 0 aliphatic rings. The Morgan fingerprint density at radius 1 is 0.337 bits per heavy atom. The number of phosphoric ester groups is 1. The van der Waals surface area contributed by atoms with Gasteiger partial charge >= 0.3 is 11.9 Å². The van der Waals surface area contributed by atoms with Crippen LogP contribution in [-0.2, 0) is 32.7 Å². The third-order valence-corrected chi connectivity index (χ3v) is 18.5. The monoisotopic (exact) mass is 1350 g/mol. The highest BCUT2D eigenvalue weighted by Gasteiger charge is 2.22. The Bertz CT molecular complexity index is 1970. The van der Waals surface area contributed by atoms with E-state index in [1.165, 1.54) is 231 Å². The van der Waals surface area contributed by atoms with Gasteiger partial charge in [-0.2, -0.15) is 0 Å². The van der Waals surface area contributed by atoms with Crippen LogP contribution in [0.1, 0.15) is 367 Å². The summed E-state index contributed by atoms with van der Waals surface area (Å²) in [6, 6.07) is 0. The van der Waals surface area contributed by atoms with Gasteiger partial charge in [0.2, 0.25) is 0 Å². The van der Waals surface area contributed by atoms with Crippen LogP contribution < -0.4 is 4.89 Å². The molecule has 2 atom stereocenters. The second-order valence-electron chi connectivity index (χ2n) is 28.1. The molecule has 95 heavy (non-hydrogen) atoms. The molecule has 0 N–H and O–H groups in total.